The van der Waals surface area contributed by atoms with Crippen LogP contribution >= 0.6 is 0 Å². The van der Waals surface area contributed by atoms with Crippen LogP contribution < -0.4 is 5.73 Å². The molecular weight excluding hydrogens is 441 g/mol. The Morgan fingerprint density at radius 3 is 2.48 bits per heavy atom. The molecule has 180 valence electrons. The number of hydrogen-bond donors (Lipinski definition) is 1. The molecule has 0 aliphatic rings. The van der Waals surface area contributed by atoms with Crippen LogP contribution in [0.1, 0.15) is 60.9 Å². The van der Waals surface area contributed by atoms with Crippen molar-refractivity contribution in [2.24, 2.45) is 5.73 Å². The lowest BCUT2D eigenvalue weighted by Crippen LogP contribution is -2.21. The van der Waals surface area contributed by atoms with Gasteiger partial charge >= 0.3 is 12.1 Å². The van der Waals surface area contributed by atoms with Gasteiger partial charge in [-0.25, -0.2) is 8.78 Å². The number of esters is 1. The van der Waals surface area contributed by atoms with Gasteiger partial charge in [-0.15, -0.1) is 6.58 Å². The predicted molar refractivity (Wildman–Crippen MR) is 117 cm³/mol. The van der Waals surface area contributed by atoms with Gasteiger partial charge in [0.05, 0.1) is 18.6 Å². The maximum Gasteiger partial charge on any atom is 0.419 e. The Balaban J connectivity index is 2.64. The zero-order valence-corrected chi connectivity index (χ0v) is 18.7. The standard InChI is InChI=1S/C25H28F5NO2/c1-4-6-7-8-9-16-11-18(26)10-15(3)23(16)17-12-19(21(31)14-22(32)33-5-2)24(27)20(13-17)25(28,29)30/h4,10-13,21H,1,5-9,14,31H2,2-3H3/t21-/m0/s1. The molecule has 0 radical (unpaired) electrons. The third kappa shape index (κ3) is 6.87. The zero-order chi connectivity index (χ0) is 24.8. The number of benzene rings is 2. The maximum atomic E-state index is 14.9. The summed E-state index contributed by atoms with van der Waals surface area (Å²) in [5, 5.41) is 0. The van der Waals surface area contributed by atoms with Crippen LogP contribution in [-0.2, 0) is 22.1 Å². The highest BCUT2D eigenvalue weighted by molar-refractivity contribution is 5.74. The van der Waals surface area contributed by atoms with Crippen molar-refractivity contribution in [3.63, 3.8) is 0 Å². The largest absolute Gasteiger partial charge is 0.466 e. The minimum absolute atomic E-state index is 0.0614. The number of carbonyl (C=O) groups is 1. The zero-order valence-electron chi connectivity index (χ0n) is 18.7. The van der Waals surface area contributed by atoms with E-state index in [0.29, 0.717) is 35.6 Å². The molecular formula is C25H28F5NO2. The molecule has 0 heterocycles. The minimum Gasteiger partial charge on any atom is -0.466 e. The van der Waals surface area contributed by atoms with Crippen molar-refractivity contribution < 1.29 is 31.5 Å². The molecule has 0 bridgehead atoms. The van der Waals surface area contributed by atoms with Gasteiger partial charge in [0.15, 0.2) is 0 Å². The van der Waals surface area contributed by atoms with Gasteiger partial charge in [0, 0.05) is 11.6 Å². The lowest BCUT2D eigenvalue weighted by Gasteiger charge is -2.20. The smallest absolute Gasteiger partial charge is 0.419 e. The van der Waals surface area contributed by atoms with Crippen molar-refractivity contribution in [2.45, 2.75) is 58.2 Å². The van der Waals surface area contributed by atoms with Crippen molar-refractivity contribution in [1.29, 1.82) is 0 Å². The van der Waals surface area contributed by atoms with E-state index in [1.54, 1.807) is 19.9 Å². The maximum absolute atomic E-state index is 14.9. The van der Waals surface area contributed by atoms with E-state index < -0.39 is 47.4 Å². The van der Waals surface area contributed by atoms with Crippen LogP contribution in [0.2, 0.25) is 0 Å². The summed E-state index contributed by atoms with van der Waals surface area (Å²) < 4.78 is 74.8. The van der Waals surface area contributed by atoms with Gasteiger partial charge in [0.2, 0.25) is 0 Å². The van der Waals surface area contributed by atoms with E-state index in [2.05, 4.69) is 6.58 Å². The van der Waals surface area contributed by atoms with Crippen LogP contribution in [0.5, 0.6) is 0 Å². The van der Waals surface area contributed by atoms with Crippen molar-refractivity contribution in [2.75, 3.05) is 6.61 Å². The van der Waals surface area contributed by atoms with Crippen LogP contribution in [0.15, 0.2) is 36.9 Å². The predicted octanol–water partition coefficient (Wildman–Crippen LogP) is 6.81. The highest BCUT2D eigenvalue weighted by Crippen LogP contribution is 2.40. The van der Waals surface area contributed by atoms with E-state index >= 15 is 0 Å². The number of unbranched alkanes of at least 4 members (excludes halogenated alkanes) is 2. The fourth-order valence-electron chi connectivity index (χ4n) is 3.80. The topological polar surface area (TPSA) is 52.3 Å². The van der Waals surface area contributed by atoms with Gasteiger partial charge < -0.3 is 10.5 Å². The fraction of sp³-hybridized carbons (Fsp3) is 0.400. The first kappa shape index (κ1) is 26.5. The first-order valence-corrected chi connectivity index (χ1v) is 10.7. The first-order valence-electron chi connectivity index (χ1n) is 10.7. The lowest BCUT2D eigenvalue weighted by molar-refractivity contribution is -0.143. The van der Waals surface area contributed by atoms with Gasteiger partial charge in [0.1, 0.15) is 11.6 Å². The second-order valence-electron chi connectivity index (χ2n) is 7.83. The SMILES string of the molecule is C=CCCCCc1cc(F)cc(C)c1-c1cc([C@@H](N)CC(=O)OCC)c(F)c(C(F)(F)F)c1. The summed E-state index contributed by atoms with van der Waals surface area (Å²) >= 11 is 0. The summed E-state index contributed by atoms with van der Waals surface area (Å²) in [6.45, 7) is 6.87. The summed E-state index contributed by atoms with van der Waals surface area (Å²) in [4.78, 5) is 11.8. The molecule has 0 aliphatic heterocycles. The number of carbonyl (C=O) groups excluding carboxylic acids is 1. The second-order valence-corrected chi connectivity index (χ2v) is 7.83. The number of hydrogen-bond acceptors (Lipinski definition) is 3. The molecule has 0 unspecified atom stereocenters. The van der Waals surface area contributed by atoms with Gasteiger partial charge in [-0.3, -0.25) is 4.79 Å². The van der Waals surface area contributed by atoms with Crippen LogP contribution in [0, 0.1) is 18.6 Å². The van der Waals surface area contributed by atoms with E-state index in [1.807, 2.05) is 0 Å². The Labute approximate surface area is 190 Å². The number of aryl methyl sites for hydroxylation is 2. The van der Waals surface area contributed by atoms with E-state index in [4.69, 9.17) is 10.5 Å². The average Bonchev–Trinajstić information content (AvgIpc) is 2.70. The van der Waals surface area contributed by atoms with Gasteiger partial charge in [-0.05, 0) is 86.1 Å². The molecule has 0 saturated heterocycles. The highest BCUT2D eigenvalue weighted by Gasteiger charge is 2.37. The van der Waals surface area contributed by atoms with Crippen molar-refractivity contribution in [3.05, 3.63) is 70.8 Å². The Kier molecular flexibility index (Phi) is 9.16. The van der Waals surface area contributed by atoms with Gasteiger partial charge in [-0.1, -0.05) is 6.08 Å². The quantitative estimate of drug-likeness (QED) is 0.180. The number of halogens is 5. The molecule has 0 fully saturated rings. The molecule has 3 nitrogen and oxygen atoms in total. The molecule has 0 spiro atoms. The second kappa shape index (κ2) is 11.4. The van der Waals surface area contributed by atoms with Crippen LogP contribution in [0.3, 0.4) is 0 Å². The monoisotopic (exact) mass is 469 g/mol. The average molecular weight is 469 g/mol. The molecule has 0 amide bonds. The molecule has 1 atom stereocenters. The van der Waals surface area contributed by atoms with E-state index in [-0.39, 0.29) is 12.2 Å². The van der Waals surface area contributed by atoms with Crippen molar-refractivity contribution in [1.82, 2.24) is 0 Å². The van der Waals surface area contributed by atoms with Crippen molar-refractivity contribution in [3.8, 4) is 11.1 Å². The number of nitrogens with two attached hydrogens (primary N) is 1. The Bertz CT molecular complexity index is 1000. The molecule has 2 aromatic rings. The molecule has 2 rings (SSSR count). The number of allylic oxidation sites excluding steroid dienone is 1. The van der Waals surface area contributed by atoms with Crippen LogP contribution in [-0.4, -0.2) is 12.6 Å². The van der Waals surface area contributed by atoms with Crippen LogP contribution in [0.4, 0.5) is 22.0 Å². The third-order valence-electron chi connectivity index (χ3n) is 5.27. The van der Waals surface area contributed by atoms with E-state index in [9.17, 15) is 26.7 Å². The third-order valence-corrected chi connectivity index (χ3v) is 5.27. The van der Waals surface area contributed by atoms with Crippen molar-refractivity contribution >= 4 is 5.97 Å². The first-order chi connectivity index (χ1) is 15.5. The summed E-state index contributed by atoms with van der Waals surface area (Å²) in [5.74, 6) is -2.79. The molecule has 0 aromatic heterocycles. The van der Waals surface area contributed by atoms with E-state index in [1.165, 1.54) is 18.2 Å². The number of rotatable bonds is 10. The molecule has 0 saturated carbocycles. The molecule has 33 heavy (non-hydrogen) atoms. The number of ether oxygens (including phenoxy) is 1. The molecule has 2 aromatic carbocycles. The van der Waals surface area contributed by atoms with Gasteiger partial charge in [-0.2, -0.15) is 13.2 Å². The Morgan fingerprint density at radius 1 is 1.18 bits per heavy atom. The molecule has 2 N–H and O–H groups in total. The van der Waals surface area contributed by atoms with Gasteiger partial charge in [0.25, 0.3) is 0 Å². The minimum atomic E-state index is -4.99. The highest BCUT2D eigenvalue weighted by atomic mass is 19.4. The Hall–Kier alpha value is -2.74. The lowest BCUT2D eigenvalue weighted by atomic mass is 9.88. The fourth-order valence-corrected chi connectivity index (χ4v) is 3.80. The summed E-state index contributed by atoms with van der Waals surface area (Å²) in [7, 11) is 0. The summed E-state index contributed by atoms with van der Waals surface area (Å²) in [5.41, 5.74) is 5.37. The molecule has 8 heteroatoms. The Morgan fingerprint density at radius 2 is 1.88 bits per heavy atom. The van der Waals surface area contributed by atoms with E-state index in [0.717, 1.165) is 12.8 Å². The van der Waals surface area contributed by atoms with Crippen LogP contribution in [0.25, 0.3) is 11.1 Å². The summed E-state index contributed by atoms with van der Waals surface area (Å²) in [6, 6.07) is 3.08. The number of alkyl halides is 3. The normalized spacial score (nSPS) is 12.5. The molecule has 0 aliphatic carbocycles. The summed E-state index contributed by atoms with van der Waals surface area (Å²) in [6.07, 6.45) is -1.09.